The molecule has 4 heteroatoms. The van der Waals surface area contributed by atoms with Gasteiger partial charge in [-0.2, -0.15) is 0 Å². The molecule has 1 N–H and O–H groups in total. The van der Waals surface area contributed by atoms with Crippen molar-refractivity contribution in [1.82, 2.24) is 4.98 Å². The predicted molar refractivity (Wildman–Crippen MR) is 81.2 cm³/mol. The minimum Gasteiger partial charge on any atom is -0.320 e. The molecule has 19 heavy (non-hydrogen) atoms. The van der Waals surface area contributed by atoms with Gasteiger partial charge in [0.05, 0.1) is 0 Å². The first-order chi connectivity index (χ1) is 9.11. The third-order valence-electron chi connectivity index (χ3n) is 2.77. The van der Waals surface area contributed by atoms with Crippen molar-refractivity contribution in [2.75, 3.05) is 5.32 Å². The van der Waals surface area contributed by atoms with Crippen molar-refractivity contribution in [3.8, 4) is 0 Å². The van der Waals surface area contributed by atoms with Gasteiger partial charge in [0.2, 0.25) is 0 Å². The van der Waals surface area contributed by atoms with E-state index in [1.807, 2.05) is 31.2 Å². The Morgan fingerprint density at radius 2 is 2.16 bits per heavy atom. The summed E-state index contributed by atoms with van der Waals surface area (Å²) < 4.78 is 0.959. The Morgan fingerprint density at radius 1 is 1.37 bits per heavy atom. The van der Waals surface area contributed by atoms with E-state index in [1.165, 1.54) is 0 Å². The van der Waals surface area contributed by atoms with Crippen LogP contribution in [0.25, 0.3) is 6.08 Å². The highest BCUT2D eigenvalue weighted by Crippen LogP contribution is 2.23. The molecule has 2 aromatic rings. The lowest BCUT2D eigenvalue weighted by Crippen LogP contribution is -2.14. The zero-order valence-corrected chi connectivity index (χ0v) is 12.1. The van der Waals surface area contributed by atoms with E-state index in [1.54, 1.807) is 18.3 Å². The molecule has 0 aliphatic rings. The number of nitrogens with one attached hydrogen (secondary N) is 1. The summed E-state index contributed by atoms with van der Waals surface area (Å²) >= 11 is 3.43. The molecule has 2 rings (SSSR count). The third-order valence-corrected chi connectivity index (χ3v) is 3.63. The molecule has 0 atom stereocenters. The number of carbonyl (C=O) groups is 1. The lowest BCUT2D eigenvalue weighted by molar-refractivity contribution is 0.102. The molecular formula is C15H13BrN2O. The Hall–Kier alpha value is -1.94. The average Bonchev–Trinajstić information content (AvgIpc) is 2.44. The zero-order valence-electron chi connectivity index (χ0n) is 10.5. The Balaban J connectivity index is 2.20. The highest BCUT2D eigenvalue weighted by molar-refractivity contribution is 9.10. The first-order valence-electron chi connectivity index (χ1n) is 5.77. The van der Waals surface area contributed by atoms with Crippen LogP contribution in [0, 0.1) is 6.92 Å². The Kier molecular flexibility index (Phi) is 4.12. The first kappa shape index (κ1) is 13.5. The van der Waals surface area contributed by atoms with Crippen molar-refractivity contribution in [2.45, 2.75) is 6.92 Å². The molecule has 0 saturated carbocycles. The van der Waals surface area contributed by atoms with Crippen molar-refractivity contribution in [2.24, 2.45) is 0 Å². The third kappa shape index (κ3) is 3.09. The number of benzene rings is 1. The summed E-state index contributed by atoms with van der Waals surface area (Å²) in [7, 11) is 0. The number of hydrogen-bond acceptors (Lipinski definition) is 2. The fourth-order valence-electron chi connectivity index (χ4n) is 1.59. The molecule has 0 spiro atoms. The highest BCUT2D eigenvalue weighted by Gasteiger charge is 2.09. The number of carbonyl (C=O) groups excluding carboxylic acids is 1. The minimum absolute atomic E-state index is 0.225. The summed E-state index contributed by atoms with van der Waals surface area (Å²) in [4.78, 5) is 16.2. The Morgan fingerprint density at radius 3 is 2.79 bits per heavy atom. The van der Waals surface area contributed by atoms with Crippen molar-refractivity contribution >= 4 is 33.6 Å². The number of amides is 1. The van der Waals surface area contributed by atoms with Crippen LogP contribution in [-0.4, -0.2) is 10.9 Å². The van der Waals surface area contributed by atoms with Gasteiger partial charge in [-0.05, 0) is 36.2 Å². The summed E-state index contributed by atoms with van der Waals surface area (Å²) in [5.41, 5.74) is 3.02. The number of pyridine rings is 1. The van der Waals surface area contributed by atoms with E-state index in [4.69, 9.17) is 0 Å². The van der Waals surface area contributed by atoms with Crippen LogP contribution in [0.3, 0.4) is 0 Å². The maximum atomic E-state index is 12.1. The predicted octanol–water partition coefficient (Wildman–Crippen LogP) is 4.05. The molecular weight excluding hydrogens is 304 g/mol. The van der Waals surface area contributed by atoms with Gasteiger partial charge in [0.25, 0.3) is 5.91 Å². The number of nitrogens with zero attached hydrogens (tertiary/aromatic N) is 1. The number of hydrogen-bond donors (Lipinski definition) is 1. The molecule has 1 aromatic heterocycles. The van der Waals surface area contributed by atoms with Gasteiger partial charge in [-0.3, -0.25) is 9.78 Å². The van der Waals surface area contributed by atoms with E-state index in [-0.39, 0.29) is 5.91 Å². The fraction of sp³-hybridized carbons (Fsp3) is 0.0667. The molecule has 0 bridgehead atoms. The van der Waals surface area contributed by atoms with Crippen LogP contribution in [0.15, 0.2) is 47.6 Å². The minimum atomic E-state index is -0.225. The zero-order chi connectivity index (χ0) is 13.8. The largest absolute Gasteiger partial charge is 0.320 e. The SMILES string of the molecule is C=Cc1ccc(C(=O)Nc2cccc(Br)c2C)nc1. The summed E-state index contributed by atoms with van der Waals surface area (Å²) in [5, 5.41) is 2.85. The maximum Gasteiger partial charge on any atom is 0.274 e. The van der Waals surface area contributed by atoms with Gasteiger partial charge in [0.15, 0.2) is 0 Å². The van der Waals surface area contributed by atoms with E-state index >= 15 is 0 Å². The number of rotatable bonds is 3. The monoisotopic (exact) mass is 316 g/mol. The first-order valence-corrected chi connectivity index (χ1v) is 6.56. The van der Waals surface area contributed by atoms with Gasteiger partial charge in [0, 0.05) is 16.4 Å². The van der Waals surface area contributed by atoms with Crippen molar-refractivity contribution in [3.05, 3.63) is 64.4 Å². The van der Waals surface area contributed by atoms with Crippen LogP contribution < -0.4 is 5.32 Å². The number of aromatic nitrogens is 1. The average molecular weight is 317 g/mol. The van der Waals surface area contributed by atoms with Gasteiger partial charge in [-0.1, -0.05) is 40.7 Å². The number of anilines is 1. The van der Waals surface area contributed by atoms with Gasteiger partial charge in [0.1, 0.15) is 5.69 Å². The topological polar surface area (TPSA) is 42.0 Å². The summed E-state index contributed by atoms with van der Waals surface area (Å²) in [5.74, 6) is -0.225. The molecule has 0 aliphatic heterocycles. The van der Waals surface area contributed by atoms with E-state index in [9.17, 15) is 4.79 Å². The number of halogens is 1. The molecule has 0 radical (unpaired) electrons. The Bertz CT molecular complexity index is 621. The smallest absolute Gasteiger partial charge is 0.274 e. The van der Waals surface area contributed by atoms with Crippen LogP contribution in [0.5, 0.6) is 0 Å². The van der Waals surface area contributed by atoms with Crippen LogP contribution in [0.2, 0.25) is 0 Å². The van der Waals surface area contributed by atoms with Gasteiger partial charge in [-0.15, -0.1) is 0 Å². The molecule has 1 aromatic carbocycles. The van der Waals surface area contributed by atoms with Gasteiger partial charge < -0.3 is 5.32 Å². The second kappa shape index (κ2) is 5.80. The molecule has 1 heterocycles. The standard InChI is InChI=1S/C15H13BrN2O/c1-3-11-7-8-14(17-9-11)15(19)18-13-6-4-5-12(16)10(13)2/h3-9H,1H2,2H3,(H,18,19). The highest BCUT2D eigenvalue weighted by atomic mass is 79.9. The van der Waals surface area contributed by atoms with E-state index in [0.717, 1.165) is 21.3 Å². The molecule has 3 nitrogen and oxygen atoms in total. The quantitative estimate of drug-likeness (QED) is 0.928. The van der Waals surface area contributed by atoms with Crippen LogP contribution in [0.1, 0.15) is 21.6 Å². The molecule has 1 amide bonds. The molecule has 0 aliphatic carbocycles. The van der Waals surface area contributed by atoms with E-state index < -0.39 is 0 Å². The lowest BCUT2D eigenvalue weighted by atomic mass is 10.2. The van der Waals surface area contributed by atoms with E-state index in [0.29, 0.717) is 5.69 Å². The second-order valence-electron chi connectivity index (χ2n) is 4.05. The van der Waals surface area contributed by atoms with Crippen LogP contribution >= 0.6 is 15.9 Å². The van der Waals surface area contributed by atoms with Gasteiger partial charge >= 0.3 is 0 Å². The Labute approximate surface area is 120 Å². The van der Waals surface area contributed by atoms with Gasteiger partial charge in [-0.25, -0.2) is 0 Å². The summed E-state index contributed by atoms with van der Waals surface area (Å²) in [6, 6.07) is 9.15. The second-order valence-corrected chi connectivity index (χ2v) is 4.90. The van der Waals surface area contributed by atoms with E-state index in [2.05, 4.69) is 32.8 Å². The molecule has 96 valence electrons. The summed E-state index contributed by atoms with van der Waals surface area (Å²) in [6.45, 7) is 5.59. The van der Waals surface area contributed by atoms with Crippen LogP contribution in [-0.2, 0) is 0 Å². The van der Waals surface area contributed by atoms with Crippen molar-refractivity contribution in [3.63, 3.8) is 0 Å². The lowest BCUT2D eigenvalue weighted by Gasteiger charge is -2.09. The van der Waals surface area contributed by atoms with Crippen molar-refractivity contribution in [1.29, 1.82) is 0 Å². The summed E-state index contributed by atoms with van der Waals surface area (Å²) in [6.07, 6.45) is 3.31. The molecule has 0 fully saturated rings. The normalized spacial score (nSPS) is 10.0. The maximum absolute atomic E-state index is 12.1. The molecule has 0 saturated heterocycles. The fourth-order valence-corrected chi connectivity index (χ4v) is 1.96. The van der Waals surface area contributed by atoms with Crippen molar-refractivity contribution < 1.29 is 4.79 Å². The molecule has 0 unspecified atom stereocenters. The van der Waals surface area contributed by atoms with Crippen LogP contribution in [0.4, 0.5) is 5.69 Å².